The van der Waals surface area contributed by atoms with E-state index in [4.69, 9.17) is 10.6 Å². The summed E-state index contributed by atoms with van der Waals surface area (Å²) >= 11 is 2.17. The molecule has 2 fully saturated rings. The van der Waals surface area contributed by atoms with Crippen LogP contribution in [-0.4, -0.2) is 109 Å². The van der Waals surface area contributed by atoms with Gasteiger partial charge in [-0.1, -0.05) is 11.2 Å². The first-order valence-corrected chi connectivity index (χ1v) is 13.1. The molecule has 3 aliphatic heterocycles. The minimum atomic E-state index is -1.27. The molecule has 198 valence electrons. The third-order valence-electron chi connectivity index (χ3n) is 6.56. The molecular formula is C21H26N7O7S2+. The maximum absolute atomic E-state index is 13.0. The third-order valence-corrected chi connectivity index (χ3v) is 8.41. The van der Waals surface area contributed by atoms with Crippen LogP contribution in [0.2, 0.25) is 0 Å². The van der Waals surface area contributed by atoms with E-state index in [9.17, 15) is 29.4 Å². The number of hydrogen-bond acceptors (Lipinski definition) is 11. The van der Waals surface area contributed by atoms with Crippen molar-refractivity contribution in [3.8, 4) is 0 Å². The van der Waals surface area contributed by atoms with Crippen molar-refractivity contribution in [3.63, 3.8) is 0 Å². The van der Waals surface area contributed by atoms with Gasteiger partial charge >= 0.3 is 11.9 Å². The number of allylic oxidation sites excluding steroid dienone is 1. The SMILES string of the molecule is CO/N=C(\C(=O)N[C@@H]1C(=O)N2C(C(=O)O)=C(/C=C/C[N+]3(C)CCC[C@H]3C(=O)O)CS[C@@H]12)c1nsc(N)n1. The van der Waals surface area contributed by atoms with Gasteiger partial charge < -0.3 is 30.6 Å². The molecule has 1 aromatic rings. The van der Waals surface area contributed by atoms with Gasteiger partial charge in [-0.15, -0.1) is 11.8 Å². The maximum atomic E-state index is 13.0. The zero-order valence-corrected chi connectivity index (χ0v) is 21.6. The Kier molecular flexibility index (Phi) is 7.52. The third kappa shape index (κ3) is 5.03. The fourth-order valence-corrected chi connectivity index (χ4v) is 6.50. The van der Waals surface area contributed by atoms with E-state index in [2.05, 4.69) is 19.8 Å². The normalized spacial score (nSPS) is 27.7. The van der Waals surface area contributed by atoms with Crippen molar-refractivity contribution < 1.29 is 38.7 Å². The van der Waals surface area contributed by atoms with Crippen molar-refractivity contribution in [1.82, 2.24) is 19.6 Å². The van der Waals surface area contributed by atoms with E-state index in [1.54, 1.807) is 12.2 Å². The number of aromatic nitrogens is 2. The molecule has 4 atom stereocenters. The molecule has 0 radical (unpaired) electrons. The Morgan fingerprint density at radius 3 is 2.76 bits per heavy atom. The molecule has 2 amide bonds. The summed E-state index contributed by atoms with van der Waals surface area (Å²) in [4.78, 5) is 59.2. The van der Waals surface area contributed by atoms with Gasteiger partial charge in [0.1, 0.15) is 24.2 Å². The number of fused-ring (bicyclic) bond motifs is 1. The van der Waals surface area contributed by atoms with Gasteiger partial charge in [-0.05, 0) is 11.6 Å². The van der Waals surface area contributed by atoms with Crippen LogP contribution in [0.5, 0.6) is 0 Å². The van der Waals surface area contributed by atoms with E-state index in [1.807, 2.05) is 7.05 Å². The molecule has 4 heterocycles. The quantitative estimate of drug-likeness (QED) is 0.133. The van der Waals surface area contributed by atoms with Crippen molar-refractivity contribution in [2.75, 3.05) is 38.7 Å². The fraction of sp³-hybridized carbons (Fsp3) is 0.476. The second-order valence-electron chi connectivity index (χ2n) is 8.90. The standard InChI is InChI=1S/C21H25N7O7S2/c1-28(8-4-6-11(28)19(31)32)7-3-5-10-9-36-18-13(17(30)27(18)14(10)20(33)34)23-16(29)12(25-35-2)15-24-21(22)37-26-15/h3,5,11,13,18H,4,6-9H2,1-2H3,(H4-,22,23,24,26,29,31,32,33,34)/p+1/b5-3+,25-12-/t11-,13+,18-,28?/m0/s1. The van der Waals surface area contributed by atoms with Gasteiger partial charge in [0.2, 0.25) is 11.5 Å². The summed E-state index contributed by atoms with van der Waals surface area (Å²) in [6, 6.07) is -1.49. The van der Waals surface area contributed by atoms with E-state index < -0.39 is 41.2 Å². The second kappa shape index (κ2) is 10.5. The lowest BCUT2D eigenvalue weighted by molar-refractivity contribution is -0.907. The van der Waals surface area contributed by atoms with Gasteiger partial charge in [0.15, 0.2) is 11.2 Å². The Morgan fingerprint density at radius 2 is 2.14 bits per heavy atom. The monoisotopic (exact) mass is 552 g/mol. The topological polar surface area (TPSA) is 197 Å². The molecule has 1 aromatic heterocycles. The fourth-order valence-electron chi connectivity index (χ4n) is 4.74. The predicted octanol–water partition coefficient (Wildman–Crippen LogP) is -0.541. The van der Waals surface area contributed by atoms with Gasteiger partial charge in [-0.3, -0.25) is 14.5 Å². The second-order valence-corrected chi connectivity index (χ2v) is 10.8. The lowest BCUT2D eigenvalue weighted by Gasteiger charge is -2.49. The summed E-state index contributed by atoms with van der Waals surface area (Å²) < 4.78 is 4.27. The van der Waals surface area contributed by atoms with Gasteiger partial charge in [0.25, 0.3) is 11.8 Å². The number of likely N-dealkylation sites (tertiary alicyclic amines) is 1. The highest BCUT2D eigenvalue weighted by atomic mass is 32.2. The highest BCUT2D eigenvalue weighted by molar-refractivity contribution is 8.00. The Balaban J connectivity index is 1.48. The number of carbonyl (C=O) groups is 4. The number of carboxylic acids is 2. The van der Waals surface area contributed by atoms with Crippen molar-refractivity contribution >= 4 is 57.9 Å². The van der Waals surface area contributed by atoms with E-state index in [0.29, 0.717) is 29.6 Å². The number of carboxylic acid groups (broad SMARTS) is 2. The maximum Gasteiger partial charge on any atom is 0.362 e. The molecule has 0 bridgehead atoms. The summed E-state index contributed by atoms with van der Waals surface area (Å²) in [5.74, 6) is -3.23. The number of oxime groups is 1. The molecule has 0 aromatic carbocycles. The lowest BCUT2D eigenvalue weighted by Crippen LogP contribution is -2.71. The number of hydrogen-bond donors (Lipinski definition) is 4. The summed E-state index contributed by atoms with van der Waals surface area (Å²) in [6.45, 7) is 1.14. The number of nitrogens with one attached hydrogen (secondary N) is 1. The number of amides is 2. The molecular weight excluding hydrogens is 526 g/mol. The van der Waals surface area contributed by atoms with Crippen LogP contribution in [0, 0.1) is 0 Å². The minimum absolute atomic E-state index is 0.0557. The van der Waals surface area contributed by atoms with Crippen molar-refractivity contribution in [3.05, 3.63) is 29.2 Å². The molecule has 4 rings (SSSR count). The molecule has 1 unspecified atom stereocenters. The number of carbonyl (C=O) groups excluding carboxylic acids is 2. The Bertz CT molecular complexity index is 1230. The molecule has 0 aliphatic carbocycles. The zero-order chi connectivity index (χ0) is 26.9. The first-order valence-electron chi connectivity index (χ1n) is 11.2. The van der Waals surface area contributed by atoms with E-state index in [0.717, 1.165) is 22.9 Å². The van der Waals surface area contributed by atoms with E-state index >= 15 is 0 Å². The number of quaternary nitrogens is 1. The van der Waals surface area contributed by atoms with Crippen LogP contribution in [0.4, 0.5) is 5.13 Å². The molecule has 5 N–H and O–H groups in total. The summed E-state index contributed by atoms with van der Waals surface area (Å²) in [6.07, 6.45) is 4.82. The van der Waals surface area contributed by atoms with Crippen LogP contribution in [-0.2, 0) is 24.0 Å². The number of nitrogen functional groups attached to an aromatic ring is 1. The van der Waals surface area contributed by atoms with Crippen molar-refractivity contribution in [2.24, 2.45) is 5.16 Å². The van der Waals surface area contributed by atoms with Gasteiger partial charge in [0.05, 0.1) is 20.1 Å². The van der Waals surface area contributed by atoms with E-state index in [1.165, 1.54) is 18.9 Å². The summed E-state index contributed by atoms with van der Waals surface area (Å²) in [7, 11) is 3.11. The van der Waals surface area contributed by atoms with Crippen molar-refractivity contribution in [2.45, 2.75) is 30.3 Å². The number of thioether (sulfide) groups is 1. The van der Waals surface area contributed by atoms with E-state index in [-0.39, 0.29) is 28.1 Å². The molecule has 14 nitrogen and oxygen atoms in total. The molecule has 3 aliphatic rings. The average Bonchev–Trinajstić information content (AvgIpc) is 3.45. The number of aliphatic carboxylic acids is 2. The number of β-lactam (4-membered cyclic amide) rings is 1. The van der Waals surface area contributed by atoms with Gasteiger partial charge in [-0.2, -0.15) is 9.36 Å². The highest BCUT2D eigenvalue weighted by Crippen LogP contribution is 2.40. The van der Waals surface area contributed by atoms with Crippen LogP contribution in [0.15, 0.2) is 28.6 Å². The first-order chi connectivity index (χ1) is 17.6. The van der Waals surface area contributed by atoms with Crippen LogP contribution in [0.25, 0.3) is 0 Å². The largest absolute Gasteiger partial charge is 0.477 e. The minimum Gasteiger partial charge on any atom is -0.477 e. The Morgan fingerprint density at radius 1 is 1.38 bits per heavy atom. The van der Waals surface area contributed by atoms with Gasteiger partial charge in [0, 0.05) is 30.1 Å². The molecule has 2 saturated heterocycles. The molecule has 37 heavy (non-hydrogen) atoms. The highest BCUT2D eigenvalue weighted by Gasteiger charge is 2.54. The smallest absolute Gasteiger partial charge is 0.362 e. The zero-order valence-electron chi connectivity index (χ0n) is 20.0. The predicted molar refractivity (Wildman–Crippen MR) is 133 cm³/mol. The summed E-state index contributed by atoms with van der Waals surface area (Å²) in [5.41, 5.74) is 5.59. The van der Waals surface area contributed by atoms with Crippen LogP contribution < -0.4 is 11.1 Å². The van der Waals surface area contributed by atoms with Gasteiger partial charge in [-0.25, -0.2) is 9.59 Å². The number of likely N-dealkylation sites (N-methyl/N-ethyl adjacent to an activating group) is 1. The first kappa shape index (κ1) is 26.6. The van der Waals surface area contributed by atoms with Crippen LogP contribution >= 0.6 is 23.3 Å². The average molecular weight is 553 g/mol. The van der Waals surface area contributed by atoms with Crippen LogP contribution in [0.1, 0.15) is 18.7 Å². The molecule has 16 heteroatoms. The van der Waals surface area contributed by atoms with Crippen LogP contribution in [0.3, 0.4) is 0 Å². The number of anilines is 1. The number of nitrogens with zero attached hydrogens (tertiary/aromatic N) is 5. The Labute approximate surface area is 219 Å². The Hall–Kier alpha value is -3.50. The molecule has 0 saturated carbocycles. The summed E-state index contributed by atoms with van der Waals surface area (Å²) in [5, 5.41) is 25.1. The molecule has 0 spiro atoms. The lowest BCUT2D eigenvalue weighted by atomic mass is 10.0. The number of nitrogens with two attached hydrogens (primary N) is 1. The van der Waals surface area contributed by atoms with Crippen molar-refractivity contribution in [1.29, 1.82) is 0 Å². The number of rotatable bonds is 9.